The van der Waals surface area contributed by atoms with Gasteiger partial charge in [0.05, 0.1) is 6.04 Å². The fraction of sp³-hybridized carbons (Fsp3) is 0.556. The number of hydrogen-bond acceptors (Lipinski definition) is 1. The molecular weight excluding hydrogens is 138 g/mol. The molecule has 0 aromatic carbocycles. The van der Waals surface area contributed by atoms with Crippen molar-refractivity contribution in [1.29, 1.82) is 0 Å². The normalized spacial score (nSPS) is 23.7. The van der Waals surface area contributed by atoms with Crippen LogP contribution in [-0.2, 0) is 4.79 Å². The lowest BCUT2D eigenvalue weighted by molar-refractivity contribution is -0.122. The van der Waals surface area contributed by atoms with Gasteiger partial charge in [0, 0.05) is 6.42 Å². The van der Waals surface area contributed by atoms with E-state index in [1.165, 1.54) is 0 Å². The molecule has 1 atom stereocenters. The molecule has 11 heavy (non-hydrogen) atoms. The van der Waals surface area contributed by atoms with Crippen LogP contribution in [0, 0.1) is 0 Å². The number of piperidine rings is 1. The molecule has 1 aliphatic heterocycles. The fourth-order valence-corrected chi connectivity index (χ4v) is 1.25. The van der Waals surface area contributed by atoms with Gasteiger partial charge in [0.15, 0.2) is 0 Å². The predicted octanol–water partition coefficient (Wildman–Crippen LogP) is 1.39. The molecule has 2 heteroatoms. The first-order valence-corrected chi connectivity index (χ1v) is 3.90. The Kier molecular flexibility index (Phi) is 2.50. The third-order valence-electron chi connectivity index (χ3n) is 2.03. The SMILES string of the molecule is C=C=C(C)C1CCCC(=O)N1. The van der Waals surface area contributed by atoms with E-state index in [2.05, 4.69) is 17.6 Å². The Morgan fingerprint density at radius 1 is 1.82 bits per heavy atom. The first-order valence-electron chi connectivity index (χ1n) is 3.90. The first kappa shape index (κ1) is 8.09. The molecule has 0 radical (unpaired) electrons. The minimum absolute atomic E-state index is 0.149. The zero-order chi connectivity index (χ0) is 8.27. The zero-order valence-electron chi connectivity index (χ0n) is 6.81. The molecule has 0 aromatic rings. The van der Waals surface area contributed by atoms with E-state index < -0.39 is 0 Å². The minimum atomic E-state index is 0.149. The molecule has 1 N–H and O–H groups in total. The zero-order valence-corrected chi connectivity index (χ0v) is 6.81. The maximum Gasteiger partial charge on any atom is 0.220 e. The minimum Gasteiger partial charge on any atom is -0.349 e. The molecule has 1 amide bonds. The smallest absolute Gasteiger partial charge is 0.220 e. The fourth-order valence-electron chi connectivity index (χ4n) is 1.25. The van der Waals surface area contributed by atoms with Crippen LogP contribution in [-0.4, -0.2) is 11.9 Å². The third-order valence-corrected chi connectivity index (χ3v) is 2.03. The van der Waals surface area contributed by atoms with E-state index in [0.29, 0.717) is 6.42 Å². The largest absolute Gasteiger partial charge is 0.349 e. The average Bonchev–Trinajstić information content (AvgIpc) is 2.03. The van der Waals surface area contributed by atoms with Crippen molar-refractivity contribution in [1.82, 2.24) is 5.32 Å². The summed E-state index contributed by atoms with van der Waals surface area (Å²) in [6, 6.07) is 0.189. The quantitative estimate of drug-likeness (QED) is 0.564. The summed E-state index contributed by atoms with van der Waals surface area (Å²) in [5, 5.41) is 2.89. The van der Waals surface area contributed by atoms with Crippen LogP contribution in [0.4, 0.5) is 0 Å². The average molecular weight is 151 g/mol. The van der Waals surface area contributed by atoms with Crippen LogP contribution in [0.5, 0.6) is 0 Å². The van der Waals surface area contributed by atoms with E-state index in [1.807, 2.05) is 6.92 Å². The molecule has 0 bridgehead atoms. The Bertz CT molecular complexity index is 214. The van der Waals surface area contributed by atoms with Gasteiger partial charge >= 0.3 is 0 Å². The second-order valence-electron chi connectivity index (χ2n) is 2.87. The van der Waals surface area contributed by atoms with E-state index in [9.17, 15) is 4.79 Å². The molecule has 1 unspecified atom stereocenters. The van der Waals surface area contributed by atoms with E-state index in [4.69, 9.17) is 0 Å². The van der Waals surface area contributed by atoms with Crippen LogP contribution in [0.2, 0.25) is 0 Å². The van der Waals surface area contributed by atoms with Crippen LogP contribution in [0.15, 0.2) is 17.9 Å². The van der Waals surface area contributed by atoms with Gasteiger partial charge < -0.3 is 5.32 Å². The highest BCUT2D eigenvalue weighted by atomic mass is 16.1. The standard InChI is InChI=1S/C9H13NO/c1-3-7(2)8-5-4-6-9(11)10-8/h8H,1,4-6H2,2H3,(H,10,11). The summed E-state index contributed by atoms with van der Waals surface area (Å²) in [5.41, 5.74) is 3.85. The van der Waals surface area contributed by atoms with Gasteiger partial charge in [-0.05, 0) is 25.3 Å². The molecular formula is C9H13NO. The van der Waals surface area contributed by atoms with Gasteiger partial charge in [-0.1, -0.05) is 6.58 Å². The molecule has 1 fully saturated rings. The number of amides is 1. The van der Waals surface area contributed by atoms with Gasteiger partial charge in [0.25, 0.3) is 0 Å². The number of rotatable bonds is 1. The van der Waals surface area contributed by atoms with E-state index >= 15 is 0 Å². The van der Waals surface area contributed by atoms with Gasteiger partial charge in [-0.15, -0.1) is 5.73 Å². The van der Waals surface area contributed by atoms with Crippen molar-refractivity contribution in [3.05, 3.63) is 17.9 Å². The lowest BCUT2D eigenvalue weighted by atomic mass is 9.99. The van der Waals surface area contributed by atoms with Crippen molar-refractivity contribution < 1.29 is 4.79 Å². The van der Waals surface area contributed by atoms with Crippen LogP contribution in [0.3, 0.4) is 0 Å². The maximum absolute atomic E-state index is 10.9. The molecule has 0 spiro atoms. The highest BCUT2D eigenvalue weighted by molar-refractivity contribution is 5.77. The molecule has 1 aliphatic rings. The van der Waals surface area contributed by atoms with Crippen molar-refractivity contribution in [3.63, 3.8) is 0 Å². The molecule has 0 saturated carbocycles. The molecule has 0 aromatic heterocycles. The van der Waals surface area contributed by atoms with Crippen molar-refractivity contribution in [3.8, 4) is 0 Å². The summed E-state index contributed by atoms with van der Waals surface area (Å²) in [6.07, 6.45) is 2.68. The number of carbonyl (C=O) groups excluding carboxylic acids is 1. The number of carbonyl (C=O) groups is 1. The second-order valence-corrected chi connectivity index (χ2v) is 2.87. The molecule has 1 heterocycles. The van der Waals surface area contributed by atoms with Crippen LogP contribution < -0.4 is 5.32 Å². The lowest BCUT2D eigenvalue weighted by Gasteiger charge is -2.22. The van der Waals surface area contributed by atoms with Gasteiger partial charge in [0.1, 0.15) is 0 Å². The van der Waals surface area contributed by atoms with Crippen LogP contribution in [0.1, 0.15) is 26.2 Å². The lowest BCUT2D eigenvalue weighted by Crippen LogP contribution is -2.39. The Morgan fingerprint density at radius 2 is 2.55 bits per heavy atom. The molecule has 60 valence electrons. The first-order chi connectivity index (χ1) is 5.24. The summed E-state index contributed by atoms with van der Waals surface area (Å²) in [6.45, 7) is 5.50. The summed E-state index contributed by atoms with van der Waals surface area (Å²) in [7, 11) is 0. The molecule has 1 saturated heterocycles. The molecule has 1 rings (SSSR count). The van der Waals surface area contributed by atoms with E-state index in [0.717, 1.165) is 18.4 Å². The summed E-state index contributed by atoms with van der Waals surface area (Å²) in [4.78, 5) is 10.9. The van der Waals surface area contributed by atoms with Crippen molar-refractivity contribution in [2.45, 2.75) is 32.2 Å². The summed E-state index contributed by atoms with van der Waals surface area (Å²) < 4.78 is 0. The number of hydrogen-bond donors (Lipinski definition) is 1. The number of nitrogens with one attached hydrogen (secondary N) is 1. The van der Waals surface area contributed by atoms with Crippen molar-refractivity contribution >= 4 is 5.91 Å². The van der Waals surface area contributed by atoms with Gasteiger partial charge in [0.2, 0.25) is 5.91 Å². The summed E-state index contributed by atoms with van der Waals surface area (Å²) in [5.74, 6) is 0.149. The topological polar surface area (TPSA) is 29.1 Å². The maximum atomic E-state index is 10.9. The second kappa shape index (κ2) is 3.40. The van der Waals surface area contributed by atoms with E-state index in [-0.39, 0.29) is 11.9 Å². The predicted molar refractivity (Wildman–Crippen MR) is 44.1 cm³/mol. The van der Waals surface area contributed by atoms with Crippen molar-refractivity contribution in [2.75, 3.05) is 0 Å². The van der Waals surface area contributed by atoms with Gasteiger partial charge in [-0.25, -0.2) is 0 Å². The monoisotopic (exact) mass is 151 g/mol. The highest BCUT2D eigenvalue weighted by Crippen LogP contribution is 2.13. The molecule has 2 nitrogen and oxygen atoms in total. The van der Waals surface area contributed by atoms with E-state index in [1.54, 1.807) is 0 Å². The van der Waals surface area contributed by atoms with Crippen molar-refractivity contribution in [2.24, 2.45) is 0 Å². The Labute approximate surface area is 67.0 Å². The van der Waals surface area contributed by atoms with Crippen LogP contribution >= 0.6 is 0 Å². The highest BCUT2D eigenvalue weighted by Gasteiger charge is 2.18. The Balaban J connectivity index is 2.59. The van der Waals surface area contributed by atoms with Gasteiger partial charge in [-0.3, -0.25) is 4.79 Å². The molecule has 0 aliphatic carbocycles. The Hall–Kier alpha value is -1.01. The summed E-state index contributed by atoms with van der Waals surface area (Å²) >= 11 is 0. The Morgan fingerprint density at radius 3 is 3.09 bits per heavy atom. The van der Waals surface area contributed by atoms with Crippen LogP contribution in [0.25, 0.3) is 0 Å². The third kappa shape index (κ3) is 1.95. The van der Waals surface area contributed by atoms with Gasteiger partial charge in [-0.2, -0.15) is 0 Å².